The molecule has 0 saturated heterocycles. The van der Waals surface area contributed by atoms with Gasteiger partial charge in [0.05, 0.1) is 6.54 Å². The van der Waals surface area contributed by atoms with Crippen molar-refractivity contribution in [1.29, 1.82) is 0 Å². The number of amides is 1. The van der Waals surface area contributed by atoms with Gasteiger partial charge < -0.3 is 14.7 Å². The molecular formula is C14H18NO3Si. The molecule has 1 heterocycles. The standard InChI is InChI=1S/C14H18NO3Si/c16-10-12(19)5-6-14(17)15-7-8-18-13-4-2-1-3-11(13)9-15/h1-4,12,16H,5-10H2. The Morgan fingerprint density at radius 3 is 3.05 bits per heavy atom. The van der Waals surface area contributed by atoms with E-state index in [1.54, 1.807) is 0 Å². The van der Waals surface area contributed by atoms with E-state index in [9.17, 15) is 4.79 Å². The van der Waals surface area contributed by atoms with Crippen molar-refractivity contribution in [3.63, 3.8) is 0 Å². The molecule has 2 rings (SSSR count). The van der Waals surface area contributed by atoms with E-state index in [0.717, 1.165) is 11.3 Å². The maximum absolute atomic E-state index is 12.1. The van der Waals surface area contributed by atoms with Crippen LogP contribution in [0, 0.1) is 0 Å². The number of carbonyl (C=O) groups is 1. The number of aliphatic hydroxyl groups is 1. The highest BCUT2D eigenvalue weighted by Gasteiger charge is 2.19. The first-order valence-corrected chi connectivity index (χ1v) is 7.09. The molecule has 4 nitrogen and oxygen atoms in total. The average molecular weight is 276 g/mol. The lowest BCUT2D eigenvalue weighted by Gasteiger charge is -2.20. The summed E-state index contributed by atoms with van der Waals surface area (Å²) in [7, 11) is 3.38. The number of carbonyl (C=O) groups excluding carboxylic acids is 1. The monoisotopic (exact) mass is 276 g/mol. The smallest absolute Gasteiger partial charge is 0.222 e. The van der Waals surface area contributed by atoms with Crippen LogP contribution in [0.5, 0.6) is 5.75 Å². The van der Waals surface area contributed by atoms with Crippen LogP contribution in [-0.2, 0) is 11.3 Å². The number of aliphatic hydroxyl groups excluding tert-OH is 1. The number of benzene rings is 1. The minimum Gasteiger partial charge on any atom is -0.491 e. The topological polar surface area (TPSA) is 49.8 Å². The van der Waals surface area contributed by atoms with Crippen molar-refractivity contribution in [2.75, 3.05) is 19.8 Å². The van der Waals surface area contributed by atoms with Gasteiger partial charge in [0.2, 0.25) is 5.91 Å². The lowest BCUT2D eigenvalue weighted by Crippen LogP contribution is -2.32. The maximum Gasteiger partial charge on any atom is 0.222 e. The van der Waals surface area contributed by atoms with E-state index in [4.69, 9.17) is 9.84 Å². The molecule has 1 amide bonds. The van der Waals surface area contributed by atoms with Gasteiger partial charge in [0.25, 0.3) is 0 Å². The van der Waals surface area contributed by atoms with Crippen LogP contribution in [0.15, 0.2) is 24.3 Å². The second-order valence-corrected chi connectivity index (χ2v) is 5.51. The SMILES string of the molecule is O=C(CCC([Si])CO)N1CCOc2ccccc2C1. The minimum atomic E-state index is -0.0144. The normalized spacial score (nSPS) is 16.2. The third-order valence-corrected chi connectivity index (χ3v) is 3.70. The predicted molar refractivity (Wildman–Crippen MR) is 73.2 cm³/mol. The summed E-state index contributed by atoms with van der Waals surface area (Å²) in [6.45, 7) is 1.79. The third kappa shape index (κ3) is 3.81. The Balaban J connectivity index is 1.96. The van der Waals surface area contributed by atoms with Gasteiger partial charge in [-0.25, -0.2) is 0 Å². The van der Waals surface area contributed by atoms with Crippen molar-refractivity contribution in [1.82, 2.24) is 4.90 Å². The summed E-state index contributed by atoms with van der Waals surface area (Å²) in [6.07, 6.45) is 1.09. The van der Waals surface area contributed by atoms with Crippen molar-refractivity contribution in [3.05, 3.63) is 29.8 Å². The fourth-order valence-electron chi connectivity index (χ4n) is 2.09. The Morgan fingerprint density at radius 2 is 2.26 bits per heavy atom. The first-order valence-electron chi connectivity index (χ1n) is 6.51. The summed E-state index contributed by atoms with van der Waals surface area (Å²) in [5, 5.41) is 8.94. The second kappa shape index (κ2) is 6.72. The molecule has 1 aliphatic rings. The molecule has 1 unspecified atom stereocenters. The number of para-hydroxylation sites is 1. The van der Waals surface area contributed by atoms with Crippen LogP contribution < -0.4 is 4.74 Å². The van der Waals surface area contributed by atoms with Crippen LogP contribution in [-0.4, -0.2) is 45.9 Å². The molecule has 0 saturated carbocycles. The molecule has 101 valence electrons. The van der Waals surface area contributed by atoms with Crippen molar-refractivity contribution < 1.29 is 14.6 Å². The Kier molecular flexibility index (Phi) is 4.98. The van der Waals surface area contributed by atoms with E-state index in [1.165, 1.54) is 0 Å². The van der Waals surface area contributed by atoms with Crippen molar-refractivity contribution in [2.45, 2.75) is 24.9 Å². The lowest BCUT2D eigenvalue weighted by molar-refractivity contribution is -0.132. The number of nitrogens with zero attached hydrogens (tertiary/aromatic N) is 1. The van der Waals surface area contributed by atoms with E-state index in [2.05, 4.69) is 10.2 Å². The van der Waals surface area contributed by atoms with Crippen LogP contribution >= 0.6 is 0 Å². The molecule has 0 fully saturated rings. The van der Waals surface area contributed by atoms with Gasteiger partial charge in [-0.15, -0.1) is 0 Å². The van der Waals surface area contributed by atoms with Crippen LogP contribution in [0.1, 0.15) is 18.4 Å². The fraction of sp³-hybridized carbons (Fsp3) is 0.500. The van der Waals surface area contributed by atoms with Gasteiger partial charge in [-0.2, -0.15) is 0 Å². The molecule has 0 aromatic heterocycles. The molecule has 1 aromatic rings. The Labute approximate surface area is 116 Å². The van der Waals surface area contributed by atoms with Crippen molar-refractivity contribution in [3.8, 4) is 5.75 Å². The largest absolute Gasteiger partial charge is 0.491 e. The molecular weight excluding hydrogens is 258 g/mol. The molecule has 1 N–H and O–H groups in total. The molecule has 5 heteroatoms. The van der Waals surface area contributed by atoms with E-state index in [-0.39, 0.29) is 18.1 Å². The molecule has 0 bridgehead atoms. The molecule has 1 aliphatic heterocycles. The molecule has 1 atom stereocenters. The zero-order chi connectivity index (χ0) is 13.7. The number of rotatable bonds is 4. The second-order valence-electron chi connectivity index (χ2n) is 4.69. The van der Waals surface area contributed by atoms with Gasteiger partial charge in [0.1, 0.15) is 12.4 Å². The van der Waals surface area contributed by atoms with Gasteiger partial charge in [-0.3, -0.25) is 4.79 Å². The summed E-state index contributed by atoms with van der Waals surface area (Å²) in [5.41, 5.74) is 1.03. The summed E-state index contributed by atoms with van der Waals surface area (Å²) >= 11 is 0. The Morgan fingerprint density at radius 1 is 1.47 bits per heavy atom. The third-order valence-electron chi connectivity index (χ3n) is 3.23. The fourth-order valence-corrected chi connectivity index (χ4v) is 2.23. The highest BCUT2D eigenvalue weighted by atomic mass is 28.1. The van der Waals surface area contributed by atoms with E-state index in [1.807, 2.05) is 29.2 Å². The van der Waals surface area contributed by atoms with E-state index in [0.29, 0.717) is 32.5 Å². The number of ether oxygens (including phenoxy) is 1. The predicted octanol–water partition coefficient (Wildman–Crippen LogP) is 1.14. The number of fused-ring (bicyclic) bond motifs is 1. The highest BCUT2D eigenvalue weighted by Crippen LogP contribution is 2.23. The zero-order valence-electron chi connectivity index (χ0n) is 10.8. The first kappa shape index (κ1) is 14.1. The Bertz CT molecular complexity index is 438. The number of hydrogen-bond acceptors (Lipinski definition) is 3. The molecule has 0 spiro atoms. The van der Waals surface area contributed by atoms with Crippen LogP contribution in [0.25, 0.3) is 0 Å². The molecule has 0 aliphatic carbocycles. The lowest BCUT2D eigenvalue weighted by atomic mass is 10.1. The van der Waals surface area contributed by atoms with Crippen LogP contribution in [0.4, 0.5) is 0 Å². The summed E-state index contributed by atoms with van der Waals surface area (Å²) in [5.74, 6) is 0.975. The number of hydrogen-bond donors (Lipinski definition) is 1. The minimum absolute atomic E-state index is 0.0144. The van der Waals surface area contributed by atoms with Crippen LogP contribution in [0.2, 0.25) is 5.54 Å². The molecule has 19 heavy (non-hydrogen) atoms. The van der Waals surface area contributed by atoms with Gasteiger partial charge in [-0.1, -0.05) is 18.2 Å². The summed E-state index contributed by atoms with van der Waals surface area (Å²) < 4.78 is 5.63. The van der Waals surface area contributed by atoms with Gasteiger partial charge in [0.15, 0.2) is 0 Å². The van der Waals surface area contributed by atoms with E-state index < -0.39 is 0 Å². The summed E-state index contributed by atoms with van der Waals surface area (Å²) in [4.78, 5) is 14.0. The highest BCUT2D eigenvalue weighted by molar-refractivity contribution is 6.11. The van der Waals surface area contributed by atoms with Gasteiger partial charge in [-0.05, 0) is 18.0 Å². The van der Waals surface area contributed by atoms with Crippen LogP contribution in [0.3, 0.4) is 0 Å². The van der Waals surface area contributed by atoms with E-state index >= 15 is 0 Å². The first-order chi connectivity index (χ1) is 9.20. The summed E-state index contributed by atoms with van der Waals surface area (Å²) in [6, 6.07) is 7.81. The average Bonchev–Trinajstić information content (AvgIpc) is 2.66. The maximum atomic E-state index is 12.1. The molecule has 1 aromatic carbocycles. The Hall–Kier alpha value is -1.33. The molecule has 3 radical (unpaired) electrons. The van der Waals surface area contributed by atoms with Crippen molar-refractivity contribution >= 4 is 16.1 Å². The van der Waals surface area contributed by atoms with Gasteiger partial charge >= 0.3 is 0 Å². The van der Waals surface area contributed by atoms with Gasteiger partial charge in [0, 0.05) is 35.4 Å². The quantitative estimate of drug-likeness (QED) is 0.839. The van der Waals surface area contributed by atoms with Crippen molar-refractivity contribution in [2.24, 2.45) is 0 Å². The zero-order valence-corrected chi connectivity index (χ0v) is 11.8.